The maximum atomic E-state index is 11.1. The first kappa shape index (κ1) is 10.3. The average molecular weight is 187 g/mol. The maximum Gasteiger partial charge on any atom is 0.214 e. The smallest absolute Gasteiger partial charge is 0.214 e. The van der Waals surface area contributed by atoms with Crippen molar-refractivity contribution in [2.75, 3.05) is 19.8 Å². The van der Waals surface area contributed by atoms with E-state index < -0.39 is 11.8 Å². The van der Waals surface area contributed by atoms with Gasteiger partial charge in [0.1, 0.15) is 6.04 Å². The summed E-state index contributed by atoms with van der Waals surface area (Å²) in [5.41, 5.74) is 0. The molecule has 0 aliphatic carbocycles. The fourth-order valence-electron chi connectivity index (χ4n) is 1.39. The summed E-state index contributed by atoms with van der Waals surface area (Å²) in [4.78, 5) is 21.3. The first-order valence-corrected chi connectivity index (χ1v) is 4.24. The predicted molar refractivity (Wildman–Crippen MR) is 44.3 cm³/mol. The molecule has 5 heteroatoms. The van der Waals surface area contributed by atoms with E-state index in [2.05, 4.69) is 5.32 Å². The van der Waals surface area contributed by atoms with E-state index in [9.17, 15) is 9.59 Å². The van der Waals surface area contributed by atoms with Crippen molar-refractivity contribution in [1.29, 1.82) is 0 Å². The molecule has 0 amide bonds. The Hall–Kier alpha value is -0.780. The van der Waals surface area contributed by atoms with Gasteiger partial charge in [0.25, 0.3) is 0 Å². The Morgan fingerprint density at radius 3 is 3.08 bits per heavy atom. The van der Waals surface area contributed by atoms with Crippen molar-refractivity contribution < 1.29 is 19.4 Å². The first-order valence-electron chi connectivity index (χ1n) is 4.24. The third-order valence-corrected chi connectivity index (χ3v) is 2.01. The fourth-order valence-corrected chi connectivity index (χ4v) is 1.39. The van der Waals surface area contributed by atoms with Crippen LogP contribution in [-0.4, -0.2) is 49.1 Å². The van der Waals surface area contributed by atoms with Gasteiger partial charge >= 0.3 is 0 Å². The largest absolute Gasteiger partial charge is 0.396 e. The van der Waals surface area contributed by atoms with Crippen molar-refractivity contribution in [3.63, 3.8) is 0 Å². The second-order valence-electron chi connectivity index (χ2n) is 2.87. The van der Waals surface area contributed by atoms with Crippen LogP contribution >= 0.6 is 0 Å². The van der Waals surface area contributed by atoms with Gasteiger partial charge in [-0.05, 0) is 6.42 Å². The molecular weight excluding hydrogens is 174 g/mol. The number of rotatable bonds is 4. The number of ketones is 1. The lowest BCUT2D eigenvalue weighted by atomic mass is 10.0. The molecular formula is C8H13NO4. The number of carbonyl (C=O) groups is 2. The molecule has 2 atom stereocenters. The molecule has 0 radical (unpaired) electrons. The van der Waals surface area contributed by atoms with Crippen LogP contribution in [0.25, 0.3) is 0 Å². The quantitative estimate of drug-likeness (QED) is 0.413. The van der Waals surface area contributed by atoms with Gasteiger partial charge in [0, 0.05) is 13.2 Å². The zero-order valence-corrected chi connectivity index (χ0v) is 7.23. The van der Waals surface area contributed by atoms with E-state index in [0.717, 1.165) is 0 Å². The van der Waals surface area contributed by atoms with E-state index in [0.29, 0.717) is 19.6 Å². The van der Waals surface area contributed by atoms with Gasteiger partial charge in [-0.2, -0.15) is 0 Å². The molecule has 2 unspecified atom stereocenters. The van der Waals surface area contributed by atoms with Crippen LogP contribution in [0.5, 0.6) is 0 Å². The van der Waals surface area contributed by atoms with Crippen LogP contribution in [0.1, 0.15) is 6.42 Å². The molecule has 0 saturated carbocycles. The molecule has 1 aliphatic rings. The first-order chi connectivity index (χ1) is 6.29. The van der Waals surface area contributed by atoms with Crippen LogP contribution in [0.3, 0.4) is 0 Å². The summed E-state index contributed by atoms with van der Waals surface area (Å²) in [6, 6.07) is -0.585. The van der Waals surface area contributed by atoms with E-state index in [1.54, 1.807) is 0 Å². The molecule has 1 heterocycles. The third-order valence-electron chi connectivity index (χ3n) is 2.01. The van der Waals surface area contributed by atoms with E-state index in [1.807, 2.05) is 0 Å². The molecule has 0 aromatic rings. The minimum atomic E-state index is -0.585. The Bertz CT molecular complexity index is 193. The summed E-state index contributed by atoms with van der Waals surface area (Å²) in [5, 5.41) is 11.6. The van der Waals surface area contributed by atoms with Crippen LogP contribution < -0.4 is 5.32 Å². The Morgan fingerprint density at radius 2 is 2.46 bits per heavy atom. The molecule has 0 spiro atoms. The average Bonchev–Trinajstić information content (AvgIpc) is 2.18. The molecule has 74 valence electrons. The number of hydrogen-bond donors (Lipinski definition) is 2. The maximum absolute atomic E-state index is 11.1. The number of hydrogen-bond acceptors (Lipinski definition) is 5. The van der Waals surface area contributed by atoms with E-state index in [-0.39, 0.29) is 19.0 Å². The summed E-state index contributed by atoms with van der Waals surface area (Å²) >= 11 is 0. The van der Waals surface area contributed by atoms with Gasteiger partial charge in [0.2, 0.25) is 5.78 Å². The van der Waals surface area contributed by atoms with Crippen LogP contribution in [0.2, 0.25) is 0 Å². The SMILES string of the molecule is O=CC(=O)C1NCCOC1CCO. The molecule has 1 saturated heterocycles. The number of ether oxygens (including phenoxy) is 1. The third kappa shape index (κ3) is 2.58. The van der Waals surface area contributed by atoms with Crippen LogP contribution in [0, 0.1) is 0 Å². The lowest BCUT2D eigenvalue weighted by Gasteiger charge is -2.30. The molecule has 2 N–H and O–H groups in total. The highest BCUT2D eigenvalue weighted by molar-refractivity contribution is 6.27. The minimum Gasteiger partial charge on any atom is -0.396 e. The lowest BCUT2D eigenvalue weighted by Crippen LogP contribution is -2.53. The molecule has 5 nitrogen and oxygen atoms in total. The second kappa shape index (κ2) is 5.06. The van der Waals surface area contributed by atoms with Gasteiger partial charge < -0.3 is 15.2 Å². The fraction of sp³-hybridized carbons (Fsp3) is 0.750. The topological polar surface area (TPSA) is 75.6 Å². The van der Waals surface area contributed by atoms with Gasteiger partial charge in [0.15, 0.2) is 6.29 Å². The molecule has 0 bridgehead atoms. The number of aliphatic hydroxyl groups is 1. The highest BCUT2D eigenvalue weighted by atomic mass is 16.5. The molecule has 13 heavy (non-hydrogen) atoms. The van der Waals surface area contributed by atoms with Gasteiger partial charge in [-0.15, -0.1) is 0 Å². The van der Waals surface area contributed by atoms with Crippen LogP contribution in [0.4, 0.5) is 0 Å². The molecule has 1 fully saturated rings. The Labute approximate surface area is 76.1 Å². The number of carbonyl (C=O) groups excluding carboxylic acids is 2. The van der Waals surface area contributed by atoms with Crippen molar-refractivity contribution in [2.24, 2.45) is 0 Å². The van der Waals surface area contributed by atoms with E-state index in [4.69, 9.17) is 9.84 Å². The number of aliphatic hydroxyl groups excluding tert-OH is 1. The van der Waals surface area contributed by atoms with Gasteiger partial charge in [-0.25, -0.2) is 0 Å². The lowest BCUT2D eigenvalue weighted by molar-refractivity contribution is -0.136. The van der Waals surface area contributed by atoms with E-state index >= 15 is 0 Å². The highest BCUT2D eigenvalue weighted by Crippen LogP contribution is 2.08. The summed E-state index contributed by atoms with van der Waals surface area (Å²) < 4.78 is 5.25. The van der Waals surface area contributed by atoms with Crippen molar-refractivity contribution in [2.45, 2.75) is 18.6 Å². The Morgan fingerprint density at radius 1 is 1.69 bits per heavy atom. The van der Waals surface area contributed by atoms with Crippen molar-refractivity contribution in [3.05, 3.63) is 0 Å². The van der Waals surface area contributed by atoms with Gasteiger partial charge in [-0.1, -0.05) is 0 Å². The normalized spacial score (nSPS) is 28.4. The van der Waals surface area contributed by atoms with E-state index in [1.165, 1.54) is 0 Å². The van der Waals surface area contributed by atoms with Gasteiger partial charge in [0.05, 0.1) is 12.7 Å². The summed E-state index contributed by atoms with van der Waals surface area (Å²) in [6.07, 6.45) is 0.282. The van der Waals surface area contributed by atoms with Crippen molar-refractivity contribution in [1.82, 2.24) is 5.32 Å². The Balaban J connectivity index is 2.55. The predicted octanol–water partition coefficient (Wildman–Crippen LogP) is -1.51. The van der Waals surface area contributed by atoms with Crippen LogP contribution in [-0.2, 0) is 14.3 Å². The molecule has 1 aliphatic heterocycles. The zero-order valence-electron chi connectivity index (χ0n) is 7.23. The monoisotopic (exact) mass is 187 g/mol. The standard InChI is InChI=1S/C8H13NO4/c10-3-1-7-8(6(12)5-11)9-2-4-13-7/h5,7-10H,1-4H2. The van der Waals surface area contributed by atoms with Gasteiger partial charge in [-0.3, -0.25) is 9.59 Å². The number of morpholine rings is 1. The summed E-state index contributed by atoms with van der Waals surface area (Å²) in [6.45, 7) is 1.02. The molecule has 0 aromatic heterocycles. The number of aldehydes is 1. The van der Waals surface area contributed by atoms with Crippen molar-refractivity contribution >= 4 is 12.1 Å². The number of nitrogens with one attached hydrogen (secondary N) is 1. The Kier molecular flexibility index (Phi) is 4.01. The summed E-state index contributed by atoms with van der Waals surface area (Å²) in [5.74, 6) is -0.516. The van der Waals surface area contributed by atoms with Crippen LogP contribution in [0.15, 0.2) is 0 Å². The molecule has 1 rings (SSSR count). The second-order valence-corrected chi connectivity index (χ2v) is 2.87. The highest BCUT2D eigenvalue weighted by Gasteiger charge is 2.30. The number of Topliss-reactive ketones (excluding diaryl/α,β-unsaturated/α-hetero) is 1. The van der Waals surface area contributed by atoms with Crippen molar-refractivity contribution in [3.8, 4) is 0 Å². The summed E-state index contributed by atoms with van der Waals surface area (Å²) in [7, 11) is 0. The zero-order chi connectivity index (χ0) is 9.68. The minimum absolute atomic E-state index is 0.0466. The molecule has 0 aromatic carbocycles.